The van der Waals surface area contributed by atoms with Crippen LogP contribution in [-0.4, -0.2) is 23.5 Å². The first kappa shape index (κ1) is 17.0. The zero-order valence-electron chi connectivity index (χ0n) is 12.8. The molecule has 2 N–H and O–H groups in total. The second-order valence-electron chi connectivity index (χ2n) is 5.47. The van der Waals surface area contributed by atoms with Gasteiger partial charge in [0.15, 0.2) is 0 Å². The molecule has 0 fully saturated rings. The number of hydrogen-bond donors (Lipinski definition) is 2. The van der Waals surface area contributed by atoms with Gasteiger partial charge in [0.05, 0.1) is 5.92 Å². The van der Waals surface area contributed by atoms with Crippen LogP contribution >= 0.6 is 0 Å². The number of carbonyl (C=O) groups excluding carboxylic acids is 1. The van der Waals surface area contributed by atoms with Gasteiger partial charge in [0.25, 0.3) is 0 Å². The normalized spacial score (nSPS) is 12.6. The molecule has 0 spiro atoms. The van der Waals surface area contributed by atoms with Gasteiger partial charge in [-0.25, -0.2) is 0 Å². The molecule has 0 bridgehead atoms. The molecule has 0 heterocycles. The van der Waals surface area contributed by atoms with Crippen LogP contribution in [0.1, 0.15) is 44.2 Å². The summed E-state index contributed by atoms with van der Waals surface area (Å²) in [5, 5.41) is 11.4. The number of amides is 1. The Morgan fingerprint density at radius 2 is 1.81 bits per heavy atom. The van der Waals surface area contributed by atoms with Gasteiger partial charge < -0.3 is 10.4 Å². The SMILES string of the molecule is CC(CCNC(=O)/C=C/c1ccc(C(C)C)cc1)C(=O)O. The Morgan fingerprint density at radius 1 is 1.19 bits per heavy atom. The zero-order chi connectivity index (χ0) is 15.8. The second kappa shape index (κ2) is 8.25. The summed E-state index contributed by atoms with van der Waals surface area (Å²) in [6, 6.07) is 8.06. The van der Waals surface area contributed by atoms with E-state index in [4.69, 9.17) is 5.11 Å². The molecule has 1 aromatic carbocycles. The Hall–Kier alpha value is -2.10. The molecule has 1 aromatic rings. The molecule has 0 aliphatic carbocycles. The van der Waals surface area contributed by atoms with E-state index >= 15 is 0 Å². The minimum atomic E-state index is -0.843. The van der Waals surface area contributed by atoms with Gasteiger partial charge in [-0.05, 0) is 29.5 Å². The van der Waals surface area contributed by atoms with Gasteiger partial charge in [-0.15, -0.1) is 0 Å². The van der Waals surface area contributed by atoms with Crippen molar-refractivity contribution in [3.63, 3.8) is 0 Å². The van der Waals surface area contributed by atoms with E-state index in [1.165, 1.54) is 11.6 Å². The van der Waals surface area contributed by atoms with Crippen molar-refractivity contribution in [2.45, 2.75) is 33.1 Å². The van der Waals surface area contributed by atoms with Crippen molar-refractivity contribution in [1.82, 2.24) is 5.32 Å². The van der Waals surface area contributed by atoms with Crippen molar-refractivity contribution in [2.75, 3.05) is 6.54 Å². The highest BCUT2D eigenvalue weighted by Crippen LogP contribution is 2.15. The van der Waals surface area contributed by atoms with Gasteiger partial charge in [0.1, 0.15) is 0 Å². The number of benzene rings is 1. The lowest BCUT2D eigenvalue weighted by Crippen LogP contribution is -2.25. The molecule has 1 amide bonds. The minimum absolute atomic E-state index is 0.208. The largest absolute Gasteiger partial charge is 0.481 e. The van der Waals surface area contributed by atoms with Gasteiger partial charge in [0.2, 0.25) is 5.91 Å². The summed E-state index contributed by atoms with van der Waals surface area (Å²) in [7, 11) is 0. The topological polar surface area (TPSA) is 66.4 Å². The molecule has 114 valence electrons. The van der Waals surface area contributed by atoms with Crippen molar-refractivity contribution in [3.8, 4) is 0 Å². The van der Waals surface area contributed by atoms with Gasteiger partial charge >= 0.3 is 5.97 Å². The third-order valence-corrected chi connectivity index (χ3v) is 3.33. The van der Waals surface area contributed by atoms with Crippen LogP contribution in [0.15, 0.2) is 30.3 Å². The van der Waals surface area contributed by atoms with E-state index in [-0.39, 0.29) is 5.91 Å². The van der Waals surface area contributed by atoms with Crippen LogP contribution in [0.4, 0.5) is 0 Å². The molecular formula is C17H23NO3. The smallest absolute Gasteiger partial charge is 0.306 e. The summed E-state index contributed by atoms with van der Waals surface area (Å²) in [5.74, 6) is -1.01. The molecule has 1 atom stereocenters. The minimum Gasteiger partial charge on any atom is -0.481 e. The van der Waals surface area contributed by atoms with Gasteiger partial charge in [-0.1, -0.05) is 45.0 Å². The van der Waals surface area contributed by atoms with Gasteiger partial charge in [-0.2, -0.15) is 0 Å². The molecule has 0 aliphatic rings. The maximum absolute atomic E-state index is 11.6. The summed E-state index contributed by atoms with van der Waals surface area (Å²) in [4.78, 5) is 22.2. The lowest BCUT2D eigenvalue weighted by atomic mass is 10.0. The van der Waals surface area contributed by atoms with Crippen LogP contribution in [0.3, 0.4) is 0 Å². The first-order chi connectivity index (χ1) is 9.90. The fourth-order valence-corrected chi connectivity index (χ4v) is 1.76. The average molecular weight is 289 g/mol. The number of carboxylic acid groups (broad SMARTS) is 1. The number of nitrogens with one attached hydrogen (secondary N) is 1. The van der Waals surface area contributed by atoms with E-state index in [0.29, 0.717) is 18.9 Å². The van der Waals surface area contributed by atoms with Crippen molar-refractivity contribution >= 4 is 18.0 Å². The Balaban J connectivity index is 2.41. The van der Waals surface area contributed by atoms with Crippen molar-refractivity contribution in [2.24, 2.45) is 5.92 Å². The molecule has 21 heavy (non-hydrogen) atoms. The molecule has 4 nitrogen and oxygen atoms in total. The van der Waals surface area contributed by atoms with Gasteiger partial charge in [-0.3, -0.25) is 9.59 Å². The summed E-state index contributed by atoms with van der Waals surface area (Å²) in [6.07, 6.45) is 3.65. The summed E-state index contributed by atoms with van der Waals surface area (Å²) < 4.78 is 0. The molecule has 0 aromatic heterocycles. The summed E-state index contributed by atoms with van der Waals surface area (Å²) >= 11 is 0. The average Bonchev–Trinajstić information content (AvgIpc) is 2.45. The van der Waals surface area contributed by atoms with Crippen molar-refractivity contribution in [1.29, 1.82) is 0 Å². The van der Waals surface area contributed by atoms with Crippen LogP contribution < -0.4 is 5.32 Å². The number of rotatable bonds is 7. The Labute approximate surface area is 125 Å². The maximum atomic E-state index is 11.6. The Kier molecular flexibility index (Phi) is 6.66. The third kappa shape index (κ3) is 6.25. The highest BCUT2D eigenvalue weighted by Gasteiger charge is 2.10. The zero-order valence-corrected chi connectivity index (χ0v) is 12.8. The monoisotopic (exact) mass is 289 g/mol. The van der Waals surface area contributed by atoms with E-state index < -0.39 is 11.9 Å². The first-order valence-electron chi connectivity index (χ1n) is 7.19. The maximum Gasteiger partial charge on any atom is 0.306 e. The lowest BCUT2D eigenvalue weighted by molar-refractivity contribution is -0.141. The number of carbonyl (C=O) groups is 2. The third-order valence-electron chi connectivity index (χ3n) is 3.33. The lowest BCUT2D eigenvalue weighted by Gasteiger charge is -2.06. The quantitative estimate of drug-likeness (QED) is 0.758. The van der Waals surface area contributed by atoms with Crippen LogP contribution in [0.5, 0.6) is 0 Å². The molecule has 1 rings (SSSR count). The van der Waals surface area contributed by atoms with Gasteiger partial charge in [0, 0.05) is 12.6 Å². The van der Waals surface area contributed by atoms with Crippen LogP contribution in [0.25, 0.3) is 6.08 Å². The molecule has 0 saturated carbocycles. The summed E-state index contributed by atoms with van der Waals surface area (Å²) in [5.41, 5.74) is 2.23. The Bertz CT molecular complexity index is 503. The number of aliphatic carboxylic acids is 1. The van der Waals surface area contributed by atoms with E-state index in [2.05, 4.69) is 31.3 Å². The number of carboxylic acids is 1. The fourth-order valence-electron chi connectivity index (χ4n) is 1.76. The molecule has 0 saturated heterocycles. The predicted octanol–water partition coefficient (Wildman–Crippen LogP) is 3.05. The Morgan fingerprint density at radius 3 is 2.33 bits per heavy atom. The van der Waals surface area contributed by atoms with Crippen molar-refractivity contribution < 1.29 is 14.7 Å². The fraction of sp³-hybridized carbons (Fsp3) is 0.412. The van der Waals surface area contributed by atoms with E-state index in [0.717, 1.165) is 5.56 Å². The predicted molar refractivity (Wildman–Crippen MR) is 84.0 cm³/mol. The van der Waals surface area contributed by atoms with E-state index in [9.17, 15) is 9.59 Å². The molecule has 0 radical (unpaired) electrons. The van der Waals surface area contributed by atoms with Crippen molar-refractivity contribution in [3.05, 3.63) is 41.5 Å². The molecular weight excluding hydrogens is 266 g/mol. The van der Waals surface area contributed by atoms with Crippen LogP contribution in [0, 0.1) is 5.92 Å². The standard InChI is InChI=1S/C17H23NO3/c1-12(2)15-7-4-14(5-8-15)6-9-16(19)18-11-10-13(3)17(20)21/h4-9,12-13H,10-11H2,1-3H3,(H,18,19)(H,20,21)/b9-6+. The molecule has 1 unspecified atom stereocenters. The molecule has 0 aliphatic heterocycles. The van der Waals surface area contributed by atoms with Crippen LogP contribution in [-0.2, 0) is 9.59 Å². The van der Waals surface area contributed by atoms with Crippen LogP contribution in [0.2, 0.25) is 0 Å². The first-order valence-corrected chi connectivity index (χ1v) is 7.19. The molecule has 4 heteroatoms. The van der Waals surface area contributed by atoms with E-state index in [1.807, 2.05) is 12.1 Å². The van der Waals surface area contributed by atoms with E-state index in [1.54, 1.807) is 13.0 Å². The highest BCUT2D eigenvalue weighted by atomic mass is 16.4. The second-order valence-corrected chi connectivity index (χ2v) is 5.47. The summed E-state index contributed by atoms with van der Waals surface area (Å²) in [6.45, 7) is 6.26. The highest BCUT2D eigenvalue weighted by molar-refractivity contribution is 5.91. The number of hydrogen-bond acceptors (Lipinski definition) is 2.